The highest BCUT2D eigenvalue weighted by Crippen LogP contribution is 2.40. The first-order chi connectivity index (χ1) is 7.90. The van der Waals surface area contributed by atoms with Crippen molar-refractivity contribution >= 4 is 17.7 Å². The van der Waals surface area contributed by atoms with Crippen LogP contribution in [0, 0.1) is 0 Å². The van der Waals surface area contributed by atoms with E-state index in [9.17, 15) is 0 Å². The number of nitrogens with zero attached hydrogens (tertiary/aromatic N) is 4. The van der Waals surface area contributed by atoms with Crippen LogP contribution in [0.4, 0.5) is 5.95 Å². The highest BCUT2D eigenvalue weighted by atomic mass is 32.2. The second kappa shape index (κ2) is 4.28. The third kappa shape index (κ3) is 1.81. The first-order valence-electron chi connectivity index (χ1n) is 6.14. The van der Waals surface area contributed by atoms with E-state index in [2.05, 4.69) is 25.9 Å². The molecule has 0 spiro atoms. The minimum atomic E-state index is 0.675. The van der Waals surface area contributed by atoms with Crippen LogP contribution < -0.4 is 4.90 Å². The molecule has 0 N–H and O–H groups in total. The van der Waals surface area contributed by atoms with Crippen molar-refractivity contribution < 1.29 is 0 Å². The SMILES string of the molecule is CSc1nnc(N2CCCCC2)n1C1CC1. The Morgan fingerprint density at radius 1 is 1.12 bits per heavy atom. The summed E-state index contributed by atoms with van der Waals surface area (Å²) in [6, 6.07) is 0.675. The van der Waals surface area contributed by atoms with E-state index in [1.54, 1.807) is 11.8 Å². The molecule has 0 atom stereocenters. The molecular weight excluding hydrogens is 220 g/mol. The van der Waals surface area contributed by atoms with Crippen LogP contribution in [0.15, 0.2) is 5.16 Å². The van der Waals surface area contributed by atoms with Crippen molar-refractivity contribution in [1.29, 1.82) is 0 Å². The Labute approximate surface area is 100 Å². The van der Waals surface area contributed by atoms with Gasteiger partial charge in [-0.25, -0.2) is 0 Å². The molecule has 1 aliphatic heterocycles. The van der Waals surface area contributed by atoms with Gasteiger partial charge in [0.2, 0.25) is 5.95 Å². The topological polar surface area (TPSA) is 34.0 Å². The van der Waals surface area contributed by atoms with Gasteiger partial charge in [-0.3, -0.25) is 4.57 Å². The lowest BCUT2D eigenvalue weighted by atomic mass is 10.1. The van der Waals surface area contributed by atoms with E-state index in [1.807, 2.05) is 0 Å². The second-order valence-electron chi connectivity index (χ2n) is 4.64. The Hall–Kier alpha value is -0.710. The summed E-state index contributed by atoms with van der Waals surface area (Å²) in [7, 11) is 0. The molecule has 0 bridgehead atoms. The van der Waals surface area contributed by atoms with Crippen LogP contribution in [0.3, 0.4) is 0 Å². The van der Waals surface area contributed by atoms with Gasteiger partial charge in [0.25, 0.3) is 0 Å². The molecule has 88 valence electrons. The molecule has 0 aromatic carbocycles. The highest BCUT2D eigenvalue weighted by molar-refractivity contribution is 7.98. The monoisotopic (exact) mass is 238 g/mol. The number of hydrogen-bond acceptors (Lipinski definition) is 4. The lowest BCUT2D eigenvalue weighted by molar-refractivity contribution is 0.548. The molecule has 4 nitrogen and oxygen atoms in total. The predicted octanol–water partition coefficient (Wildman–Crippen LogP) is 2.33. The maximum Gasteiger partial charge on any atom is 0.228 e. The van der Waals surface area contributed by atoms with Crippen molar-refractivity contribution in [3.63, 3.8) is 0 Å². The highest BCUT2D eigenvalue weighted by Gasteiger charge is 2.31. The summed E-state index contributed by atoms with van der Waals surface area (Å²) >= 11 is 1.71. The molecule has 0 unspecified atom stereocenters. The van der Waals surface area contributed by atoms with Gasteiger partial charge in [-0.1, -0.05) is 11.8 Å². The number of rotatable bonds is 3. The Bertz CT molecular complexity index is 366. The van der Waals surface area contributed by atoms with Gasteiger partial charge in [0, 0.05) is 19.1 Å². The van der Waals surface area contributed by atoms with E-state index < -0.39 is 0 Å². The number of thioether (sulfide) groups is 1. The number of aromatic nitrogens is 3. The van der Waals surface area contributed by atoms with Gasteiger partial charge in [0.15, 0.2) is 5.16 Å². The van der Waals surface area contributed by atoms with Crippen molar-refractivity contribution in [3.05, 3.63) is 0 Å². The van der Waals surface area contributed by atoms with Gasteiger partial charge >= 0.3 is 0 Å². The van der Waals surface area contributed by atoms with Crippen LogP contribution in [-0.2, 0) is 0 Å². The minimum Gasteiger partial charge on any atom is -0.341 e. The molecule has 2 aliphatic rings. The van der Waals surface area contributed by atoms with Gasteiger partial charge in [-0.05, 0) is 38.4 Å². The Morgan fingerprint density at radius 3 is 2.50 bits per heavy atom. The van der Waals surface area contributed by atoms with Crippen LogP contribution in [0.2, 0.25) is 0 Å². The minimum absolute atomic E-state index is 0.675. The zero-order valence-electron chi connectivity index (χ0n) is 9.72. The zero-order valence-corrected chi connectivity index (χ0v) is 10.5. The van der Waals surface area contributed by atoms with Crippen LogP contribution in [0.25, 0.3) is 0 Å². The quantitative estimate of drug-likeness (QED) is 0.757. The summed E-state index contributed by atoms with van der Waals surface area (Å²) < 4.78 is 2.36. The summed E-state index contributed by atoms with van der Waals surface area (Å²) in [5.74, 6) is 1.12. The first-order valence-corrected chi connectivity index (χ1v) is 7.36. The van der Waals surface area contributed by atoms with Gasteiger partial charge in [-0.2, -0.15) is 0 Å². The molecule has 1 saturated heterocycles. The molecule has 2 fully saturated rings. The fraction of sp³-hybridized carbons (Fsp3) is 0.818. The molecule has 1 aromatic rings. The van der Waals surface area contributed by atoms with E-state index in [1.165, 1.54) is 32.1 Å². The summed E-state index contributed by atoms with van der Waals surface area (Å²) in [6.45, 7) is 2.30. The van der Waals surface area contributed by atoms with Crippen LogP contribution >= 0.6 is 11.8 Å². The van der Waals surface area contributed by atoms with E-state index in [0.717, 1.165) is 24.2 Å². The Morgan fingerprint density at radius 2 is 1.88 bits per heavy atom. The maximum absolute atomic E-state index is 4.39. The molecule has 5 heteroatoms. The molecular formula is C11H18N4S. The third-order valence-corrected chi connectivity index (χ3v) is 4.02. The molecule has 1 aromatic heterocycles. The summed E-state index contributed by atoms with van der Waals surface area (Å²) in [5, 5.41) is 9.78. The van der Waals surface area contributed by atoms with E-state index in [0.29, 0.717) is 6.04 Å². The number of hydrogen-bond donors (Lipinski definition) is 0. The zero-order chi connectivity index (χ0) is 11.0. The van der Waals surface area contributed by atoms with Gasteiger partial charge in [0.1, 0.15) is 0 Å². The standard InChI is InChI=1S/C11H18N4S/c1-16-11-13-12-10(15(11)9-5-6-9)14-7-3-2-4-8-14/h9H,2-8H2,1H3. The molecule has 0 amide bonds. The molecule has 16 heavy (non-hydrogen) atoms. The Balaban J connectivity index is 1.89. The van der Waals surface area contributed by atoms with Crippen molar-refractivity contribution in [2.24, 2.45) is 0 Å². The van der Waals surface area contributed by atoms with Crippen LogP contribution in [0.1, 0.15) is 38.1 Å². The summed E-state index contributed by atoms with van der Waals surface area (Å²) in [6.07, 6.45) is 8.64. The Kier molecular flexibility index (Phi) is 2.79. The van der Waals surface area contributed by atoms with Gasteiger partial charge in [0.05, 0.1) is 0 Å². The lowest BCUT2D eigenvalue weighted by Crippen LogP contribution is -2.31. The molecule has 1 aliphatic carbocycles. The van der Waals surface area contributed by atoms with E-state index in [4.69, 9.17) is 0 Å². The average Bonchev–Trinajstić information content (AvgIpc) is 3.09. The fourth-order valence-electron chi connectivity index (χ4n) is 2.37. The molecule has 0 radical (unpaired) electrons. The molecule has 3 rings (SSSR count). The average molecular weight is 238 g/mol. The van der Waals surface area contributed by atoms with Crippen molar-refractivity contribution in [2.45, 2.75) is 43.3 Å². The smallest absolute Gasteiger partial charge is 0.228 e. The van der Waals surface area contributed by atoms with Crippen molar-refractivity contribution in [2.75, 3.05) is 24.2 Å². The van der Waals surface area contributed by atoms with Gasteiger partial charge in [-0.15, -0.1) is 10.2 Å². The van der Waals surface area contributed by atoms with Crippen LogP contribution in [-0.4, -0.2) is 34.1 Å². The lowest BCUT2D eigenvalue weighted by Gasteiger charge is -2.27. The second-order valence-corrected chi connectivity index (χ2v) is 5.41. The van der Waals surface area contributed by atoms with E-state index >= 15 is 0 Å². The molecule has 1 saturated carbocycles. The number of piperidine rings is 1. The summed E-state index contributed by atoms with van der Waals surface area (Å²) in [5.41, 5.74) is 0. The predicted molar refractivity (Wildman–Crippen MR) is 66.1 cm³/mol. The maximum atomic E-state index is 4.39. The summed E-state index contributed by atoms with van der Waals surface area (Å²) in [4.78, 5) is 2.41. The van der Waals surface area contributed by atoms with Crippen LogP contribution in [0.5, 0.6) is 0 Å². The number of anilines is 1. The molecule has 2 heterocycles. The fourth-order valence-corrected chi connectivity index (χ4v) is 2.92. The van der Waals surface area contributed by atoms with Crippen molar-refractivity contribution in [3.8, 4) is 0 Å². The third-order valence-electron chi connectivity index (χ3n) is 3.38. The largest absolute Gasteiger partial charge is 0.341 e. The van der Waals surface area contributed by atoms with E-state index in [-0.39, 0.29) is 0 Å². The normalized spacial score (nSPS) is 21.4. The van der Waals surface area contributed by atoms with Gasteiger partial charge < -0.3 is 4.90 Å². The van der Waals surface area contributed by atoms with Crippen molar-refractivity contribution in [1.82, 2.24) is 14.8 Å². The first kappa shape index (κ1) is 10.4.